The summed E-state index contributed by atoms with van der Waals surface area (Å²) < 4.78 is 0. The Morgan fingerprint density at radius 3 is 2.25 bits per heavy atom. The van der Waals surface area contributed by atoms with Gasteiger partial charge in [-0.2, -0.15) is 0 Å². The molecule has 1 aliphatic rings. The molecule has 1 heteroatoms. The minimum absolute atomic E-state index is 0.557. The second-order valence-corrected chi connectivity index (χ2v) is 3.69. The molecule has 0 nitrogen and oxygen atoms in total. The highest BCUT2D eigenvalue weighted by molar-refractivity contribution is 6.18. The third-order valence-electron chi connectivity index (χ3n) is 2.43. The Hall–Kier alpha value is 0.290. The van der Waals surface area contributed by atoms with Crippen molar-refractivity contribution in [1.29, 1.82) is 0 Å². The monoisotopic (exact) mass is 132 g/mol. The van der Waals surface area contributed by atoms with Crippen molar-refractivity contribution in [2.24, 2.45) is 11.3 Å². The van der Waals surface area contributed by atoms with E-state index >= 15 is 0 Å². The van der Waals surface area contributed by atoms with Gasteiger partial charge in [-0.3, -0.25) is 0 Å². The lowest BCUT2D eigenvalue weighted by Crippen LogP contribution is -2.35. The Morgan fingerprint density at radius 1 is 1.62 bits per heavy atom. The molecule has 0 aliphatic heterocycles. The SMILES string of the molecule is CC1(C)CCC1CCl. The molecule has 1 aliphatic carbocycles. The summed E-state index contributed by atoms with van der Waals surface area (Å²) in [5.41, 5.74) is 0.557. The van der Waals surface area contributed by atoms with Crippen molar-refractivity contribution in [1.82, 2.24) is 0 Å². The van der Waals surface area contributed by atoms with Gasteiger partial charge < -0.3 is 0 Å². The van der Waals surface area contributed by atoms with Crippen LogP contribution in [-0.4, -0.2) is 5.88 Å². The first kappa shape index (κ1) is 6.41. The molecular weight excluding hydrogens is 120 g/mol. The van der Waals surface area contributed by atoms with Gasteiger partial charge >= 0.3 is 0 Å². The van der Waals surface area contributed by atoms with E-state index in [9.17, 15) is 0 Å². The van der Waals surface area contributed by atoms with Crippen LogP contribution in [0.1, 0.15) is 26.7 Å². The average molecular weight is 133 g/mol. The first-order valence-electron chi connectivity index (χ1n) is 3.23. The minimum atomic E-state index is 0.557. The first-order chi connectivity index (χ1) is 3.67. The van der Waals surface area contributed by atoms with Gasteiger partial charge in [-0.15, -0.1) is 11.6 Å². The Kier molecular flexibility index (Phi) is 1.53. The van der Waals surface area contributed by atoms with Crippen molar-refractivity contribution < 1.29 is 0 Å². The van der Waals surface area contributed by atoms with Crippen molar-refractivity contribution >= 4 is 11.6 Å². The van der Waals surface area contributed by atoms with Gasteiger partial charge in [0.15, 0.2) is 0 Å². The minimum Gasteiger partial charge on any atom is -0.126 e. The van der Waals surface area contributed by atoms with Gasteiger partial charge in [0.05, 0.1) is 0 Å². The number of hydrogen-bond acceptors (Lipinski definition) is 0. The molecule has 0 amide bonds. The summed E-state index contributed by atoms with van der Waals surface area (Å²) in [5, 5.41) is 0. The van der Waals surface area contributed by atoms with E-state index in [4.69, 9.17) is 11.6 Å². The van der Waals surface area contributed by atoms with E-state index in [-0.39, 0.29) is 0 Å². The molecule has 1 unspecified atom stereocenters. The van der Waals surface area contributed by atoms with E-state index in [1.165, 1.54) is 12.8 Å². The van der Waals surface area contributed by atoms with Crippen LogP contribution in [-0.2, 0) is 0 Å². The Morgan fingerprint density at radius 2 is 2.25 bits per heavy atom. The first-order valence-corrected chi connectivity index (χ1v) is 3.76. The zero-order valence-corrected chi connectivity index (χ0v) is 6.33. The second kappa shape index (κ2) is 1.91. The maximum absolute atomic E-state index is 5.69. The van der Waals surface area contributed by atoms with Crippen molar-refractivity contribution in [3.8, 4) is 0 Å². The van der Waals surface area contributed by atoms with Gasteiger partial charge in [-0.25, -0.2) is 0 Å². The van der Waals surface area contributed by atoms with Crippen LogP contribution in [0.5, 0.6) is 0 Å². The summed E-state index contributed by atoms with van der Waals surface area (Å²) >= 11 is 5.69. The molecule has 0 bridgehead atoms. The van der Waals surface area contributed by atoms with E-state index in [1.807, 2.05) is 0 Å². The summed E-state index contributed by atoms with van der Waals surface area (Å²) in [5.74, 6) is 1.65. The molecule has 1 atom stereocenters. The maximum atomic E-state index is 5.69. The second-order valence-electron chi connectivity index (χ2n) is 3.38. The zero-order chi connectivity index (χ0) is 6.20. The summed E-state index contributed by atoms with van der Waals surface area (Å²) in [7, 11) is 0. The molecule has 48 valence electrons. The van der Waals surface area contributed by atoms with Crippen LogP contribution < -0.4 is 0 Å². The largest absolute Gasteiger partial charge is 0.126 e. The Labute approximate surface area is 56.2 Å². The number of hydrogen-bond donors (Lipinski definition) is 0. The van der Waals surface area contributed by atoms with E-state index < -0.39 is 0 Å². The molecule has 0 aromatic rings. The standard InChI is InChI=1S/C7H13Cl/c1-7(2)4-3-6(7)5-8/h6H,3-5H2,1-2H3. The molecule has 0 heterocycles. The van der Waals surface area contributed by atoms with Crippen LogP contribution in [0.2, 0.25) is 0 Å². The van der Waals surface area contributed by atoms with Gasteiger partial charge in [0.25, 0.3) is 0 Å². The molecule has 0 aromatic carbocycles. The van der Waals surface area contributed by atoms with Crippen LogP contribution in [0.3, 0.4) is 0 Å². The average Bonchev–Trinajstić information content (AvgIpc) is 1.66. The topological polar surface area (TPSA) is 0 Å². The summed E-state index contributed by atoms with van der Waals surface area (Å²) in [6.07, 6.45) is 2.71. The lowest BCUT2D eigenvalue weighted by molar-refractivity contribution is 0.0922. The van der Waals surface area contributed by atoms with Crippen LogP contribution in [0, 0.1) is 11.3 Å². The van der Waals surface area contributed by atoms with E-state index in [2.05, 4.69) is 13.8 Å². The molecular formula is C7H13Cl. The van der Waals surface area contributed by atoms with Crippen molar-refractivity contribution in [2.75, 3.05) is 5.88 Å². The quantitative estimate of drug-likeness (QED) is 0.482. The molecule has 8 heavy (non-hydrogen) atoms. The molecule has 1 saturated carbocycles. The molecule has 0 spiro atoms. The normalized spacial score (nSPS) is 34.1. The molecule has 0 aromatic heterocycles. The number of alkyl halides is 1. The highest BCUT2D eigenvalue weighted by Crippen LogP contribution is 2.46. The van der Waals surface area contributed by atoms with Gasteiger partial charge in [0.1, 0.15) is 0 Å². The van der Waals surface area contributed by atoms with Crippen LogP contribution >= 0.6 is 11.6 Å². The lowest BCUT2D eigenvalue weighted by atomic mass is 9.63. The number of rotatable bonds is 1. The Bertz CT molecular complexity index is 84.4. The summed E-state index contributed by atoms with van der Waals surface area (Å²) in [6, 6.07) is 0. The van der Waals surface area contributed by atoms with Crippen LogP contribution in [0.25, 0.3) is 0 Å². The van der Waals surface area contributed by atoms with E-state index in [1.54, 1.807) is 0 Å². The fourth-order valence-corrected chi connectivity index (χ4v) is 1.78. The fraction of sp³-hybridized carbons (Fsp3) is 1.00. The molecule has 1 fully saturated rings. The van der Waals surface area contributed by atoms with Crippen molar-refractivity contribution in [2.45, 2.75) is 26.7 Å². The summed E-state index contributed by atoms with van der Waals surface area (Å²) in [6.45, 7) is 4.59. The smallest absolute Gasteiger partial charge is 0.0256 e. The van der Waals surface area contributed by atoms with Gasteiger partial charge in [0.2, 0.25) is 0 Å². The van der Waals surface area contributed by atoms with Crippen LogP contribution in [0.4, 0.5) is 0 Å². The highest BCUT2D eigenvalue weighted by atomic mass is 35.5. The Balaban J connectivity index is 2.37. The molecule has 0 N–H and O–H groups in total. The van der Waals surface area contributed by atoms with E-state index in [0.29, 0.717) is 5.41 Å². The fourth-order valence-electron chi connectivity index (χ4n) is 1.21. The number of halogens is 1. The maximum Gasteiger partial charge on any atom is 0.0256 e. The lowest BCUT2D eigenvalue weighted by Gasteiger charge is -2.43. The molecule has 0 radical (unpaired) electrons. The predicted molar refractivity (Wildman–Crippen MR) is 37.2 cm³/mol. The van der Waals surface area contributed by atoms with Crippen molar-refractivity contribution in [3.63, 3.8) is 0 Å². The van der Waals surface area contributed by atoms with Crippen molar-refractivity contribution in [3.05, 3.63) is 0 Å². The third-order valence-corrected chi connectivity index (χ3v) is 2.80. The molecule has 1 rings (SSSR count). The van der Waals surface area contributed by atoms with Gasteiger partial charge in [-0.1, -0.05) is 13.8 Å². The molecule has 0 saturated heterocycles. The zero-order valence-electron chi connectivity index (χ0n) is 5.58. The predicted octanol–water partition coefficient (Wildman–Crippen LogP) is 2.66. The van der Waals surface area contributed by atoms with Gasteiger partial charge in [-0.05, 0) is 24.2 Å². The highest BCUT2D eigenvalue weighted by Gasteiger charge is 2.37. The summed E-state index contributed by atoms with van der Waals surface area (Å²) in [4.78, 5) is 0. The van der Waals surface area contributed by atoms with E-state index in [0.717, 1.165) is 11.8 Å². The van der Waals surface area contributed by atoms with Gasteiger partial charge in [0, 0.05) is 5.88 Å². The third kappa shape index (κ3) is 0.862. The van der Waals surface area contributed by atoms with Crippen LogP contribution in [0.15, 0.2) is 0 Å².